The average Bonchev–Trinajstić information content (AvgIpc) is 3.03. The van der Waals surface area contributed by atoms with E-state index in [1.807, 2.05) is 0 Å². The molecule has 2 rings (SSSR count). The number of nitrogens with zero attached hydrogens (tertiary/aromatic N) is 2. The minimum Gasteiger partial charge on any atom is -0.493 e. The van der Waals surface area contributed by atoms with Crippen molar-refractivity contribution in [2.45, 2.75) is 13.3 Å². The maximum atomic E-state index is 12.7. The summed E-state index contributed by atoms with van der Waals surface area (Å²) in [5.74, 6) is 0.409. The highest BCUT2D eigenvalue weighted by atomic mass is 16.6. The monoisotopic (exact) mass is 323 g/mol. The van der Waals surface area contributed by atoms with Crippen LogP contribution in [-0.4, -0.2) is 49.1 Å². The standard InChI is InChI=1S/C15H21N3O5/c1-3-23-14-7-12(18(20)21)11(6-13(14)22-2)15(19)17-5-4-10(8-16)9-17/h6-7,10H,3-5,8-9,16H2,1-2H3. The summed E-state index contributed by atoms with van der Waals surface area (Å²) in [6, 6.07) is 2.62. The van der Waals surface area contributed by atoms with Crippen LogP contribution < -0.4 is 15.2 Å². The summed E-state index contributed by atoms with van der Waals surface area (Å²) < 4.78 is 10.5. The number of hydrogen-bond acceptors (Lipinski definition) is 6. The second kappa shape index (κ2) is 7.28. The Labute approximate surface area is 134 Å². The van der Waals surface area contributed by atoms with E-state index >= 15 is 0 Å². The van der Waals surface area contributed by atoms with Gasteiger partial charge in [-0.3, -0.25) is 14.9 Å². The number of carbonyl (C=O) groups excluding carboxylic acids is 1. The lowest BCUT2D eigenvalue weighted by atomic mass is 10.1. The van der Waals surface area contributed by atoms with Crippen LogP contribution in [0.5, 0.6) is 11.5 Å². The van der Waals surface area contributed by atoms with E-state index in [9.17, 15) is 14.9 Å². The van der Waals surface area contributed by atoms with Crippen molar-refractivity contribution in [1.29, 1.82) is 0 Å². The third-order valence-corrected chi connectivity index (χ3v) is 3.92. The van der Waals surface area contributed by atoms with Crippen molar-refractivity contribution >= 4 is 11.6 Å². The number of methoxy groups -OCH3 is 1. The molecule has 0 aromatic heterocycles. The Bertz CT molecular complexity index is 605. The van der Waals surface area contributed by atoms with Crippen molar-refractivity contribution in [2.75, 3.05) is 33.4 Å². The van der Waals surface area contributed by atoms with Gasteiger partial charge in [0.2, 0.25) is 0 Å². The van der Waals surface area contributed by atoms with Crippen LogP contribution in [0.4, 0.5) is 5.69 Å². The van der Waals surface area contributed by atoms with Gasteiger partial charge in [-0.05, 0) is 25.8 Å². The van der Waals surface area contributed by atoms with Crippen molar-refractivity contribution in [2.24, 2.45) is 11.7 Å². The van der Waals surface area contributed by atoms with Gasteiger partial charge in [0.05, 0.1) is 24.7 Å². The summed E-state index contributed by atoms with van der Waals surface area (Å²) in [6.45, 7) is 3.67. The van der Waals surface area contributed by atoms with Crippen LogP contribution in [0, 0.1) is 16.0 Å². The molecule has 1 amide bonds. The van der Waals surface area contributed by atoms with Crippen molar-refractivity contribution in [3.05, 3.63) is 27.8 Å². The Morgan fingerprint density at radius 2 is 2.22 bits per heavy atom. The first-order valence-electron chi connectivity index (χ1n) is 7.50. The van der Waals surface area contributed by atoms with E-state index < -0.39 is 4.92 Å². The van der Waals surface area contributed by atoms with Crippen LogP contribution in [0.1, 0.15) is 23.7 Å². The molecule has 8 nitrogen and oxygen atoms in total. The first-order valence-corrected chi connectivity index (χ1v) is 7.50. The number of nitro benzene ring substituents is 1. The van der Waals surface area contributed by atoms with E-state index in [4.69, 9.17) is 15.2 Å². The second-order valence-electron chi connectivity index (χ2n) is 5.35. The highest BCUT2D eigenvalue weighted by Gasteiger charge is 2.31. The van der Waals surface area contributed by atoms with Crippen LogP contribution in [0.3, 0.4) is 0 Å². The van der Waals surface area contributed by atoms with Crippen LogP contribution in [0.2, 0.25) is 0 Å². The molecule has 1 heterocycles. The molecule has 0 saturated carbocycles. The van der Waals surface area contributed by atoms with Crippen molar-refractivity contribution in [3.63, 3.8) is 0 Å². The molecule has 0 bridgehead atoms. The molecule has 0 radical (unpaired) electrons. The first-order chi connectivity index (χ1) is 11.0. The van der Waals surface area contributed by atoms with Gasteiger partial charge in [0.1, 0.15) is 5.56 Å². The Balaban J connectivity index is 2.39. The molecule has 0 aliphatic carbocycles. The first kappa shape index (κ1) is 17.0. The molecular formula is C15H21N3O5. The van der Waals surface area contributed by atoms with Gasteiger partial charge in [0.15, 0.2) is 11.5 Å². The smallest absolute Gasteiger partial charge is 0.286 e. The average molecular weight is 323 g/mol. The molecular weight excluding hydrogens is 302 g/mol. The highest BCUT2D eigenvalue weighted by molar-refractivity contribution is 5.99. The Kier molecular flexibility index (Phi) is 5.38. The summed E-state index contributed by atoms with van der Waals surface area (Å²) in [7, 11) is 1.43. The zero-order chi connectivity index (χ0) is 17.0. The summed E-state index contributed by atoms with van der Waals surface area (Å²) >= 11 is 0. The Morgan fingerprint density at radius 1 is 1.48 bits per heavy atom. The SMILES string of the molecule is CCOc1cc([N+](=O)[O-])c(C(=O)N2CCC(CN)C2)cc1OC. The highest BCUT2D eigenvalue weighted by Crippen LogP contribution is 2.36. The number of nitrogens with two attached hydrogens (primary N) is 1. The maximum absolute atomic E-state index is 12.7. The largest absolute Gasteiger partial charge is 0.493 e. The number of carbonyl (C=O) groups is 1. The van der Waals surface area contributed by atoms with E-state index in [1.54, 1.807) is 11.8 Å². The maximum Gasteiger partial charge on any atom is 0.286 e. The third kappa shape index (κ3) is 3.53. The molecule has 0 spiro atoms. The summed E-state index contributed by atoms with van der Waals surface area (Å²) in [6.07, 6.45) is 0.810. The molecule has 23 heavy (non-hydrogen) atoms. The van der Waals surface area contributed by atoms with Crippen molar-refractivity contribution in [1.82, 2.24) is 4.90 Å². The number of amides is 1. The molecule has 1 fully saturated rings. The molecule has 1 aliphatic heterocycles. The normalized spacial score (nSPS) is 17.2. The van der Waals surface area contributed by atoms with Crippen LogP contribution in [0.25, 0.3) is 0 Å². The number of rotatable bonds is 6. The summed E-state index contributed by atoms with van der Waals surface area (Å²) in [5, 5.41) is 11.3. The number of likely N-dealkylation sites (tertiary alicyclic amines) is 1. The topological polar surface area (TPSA) is 108 Å². The van der Waals surface area contributed by atoms with E-state index in [2.05, 4.69) is 0 Å². The molecule has 2 N–H and O–H groups in total. The number of benzene rings is 1. The molecule has 1 aromatic rings. The minimum absolute atomic E-state index is 0.00738. The van der Waals surface area contributed by atoms with E-state index in [-0.39, 0.29) is 28.8 Å². The summed E-state index contributed by atoms with van der Waals surface area (Å²) in [4.78, 5) is 25.0. The number of hydrogen-bond donors (Lipinski definition) is 1. The Morgan fingerprint density at radius 3 is 2.74 bits per heavy atom. The molecule has 1 unspecified atom stereocenters. The predicted molar refractivity (Wildman–Crippen MR) is 83.9 cm³/mol. The molecule has 1 aromatic carbocycles. The van der Waals surface area contributed by atoms with Crippen LogP contribution >= 0.6 is 0 Å². The lowest BCUT2D eigenvalue weighted by Gasteiger charge is -2.17. The second-order valence-corrected chi connectivity index (χ2v) is 5.35. The fourth-order valence-electron chi connectivity index (χ4n) is 2.68. The van der Waals surface area contributed by atoms with Gasteiger partial charge in [0.25, 0.3) is 11.6 Å². The van der Waals surface area contributed by atoms with Crippen molar-refractivity contribution in [3.8, 4) is 11.5 Å². The van der Waals surface area contributed by atoms with E-state index in [0.717, 1.165) is 6.42 Å². The molecule has 1 aliphatic rings. The number of ether oxygens (including phenoxy) is 2. The fraction of sp³-hybridized carbons (Fsp3) is 0.533. The van der Waals surface area contributed by atoms with Crippen molar-refractivity contribution < 1.29 is 19.2 Å². The molecule has 1 atom stereocenters. The number of nitro groups is 1. The van der Waals surface area contributed by atoms with Gasteiger partial charge in [-0.2, -0.15) is 0 Å². The zero-order valence-electron chi connectivity index (χ0n) is 13.3. The lowest BCUT2D eigenvalue weighted by molar-refractivity contribution is -0.385. The molecule has 1 saturated heterocycles. The van der Waals surface area contributed by atoms with Gasteiger partial charge >= 0.3 is 0 Å². The third-order valence-electron chi connectivity index (χ3n) is 3.92. The Hall–Kier alpha value is -2.35. The van der Waals surface area contributed by atoms with Gasteiger partial charge in [-0.25, -0.2) is 0 Å². The van der Waals surface area contributed by atoms with Gasteiger partial charge in [0, 0.05) is 19.2 Å². The molecule has 126 valence electrons. The quantitative estimate of drug-likeness (QED) is 0.626. The van der Waals surface area contributed by atoms with Gasteiger partial charge < -0.3 is 20.1 Å². The minimum atomic E-state index is -0.578. The van der Waals surface area contributed by atoms with Crippen LogP contribution in [-0.2, 0) is 0 Å². The van der Waals surface area contributed by atoms with Crippen LogP contribution in [0.15, 0.2) is 12.1 Å². The predicted octanol–water partition coefficient (Wildman–Crippen LogP) is 1.42. The van der Waals surface area contributed by atoms with Gasteiger partial charge in [-0.1, -0.05) is 0 Å². The van der Waals surface area contributed by atoms with E-state index in [1.165, 1.54) is 19.2 Å². The van der Waals surface area contributed by atoms with Gasteiger partial charge in [-0.15, -0.1) is 0 Å². The zero-order valence-corrected chi connectivity index (χ0v) is 13.3. The fourth-order valence-corrected chi connectivity index (χ4v) is 2.68. The lowest BCUT2D eigenvalue weighted by Crippen LogP contribution is -2.30. The van der Waals surface area contributed by atoms with E-state index in [0.29, 0.717) is 32.0 Å². The molecule has 8 heteroatoms. The summed E-state index contributed by atoms with van der Waals surface area (Å²) in [5.41, 5.74) is 5.35.